The molecular formula is C16H19NO4S. The molecule has 0 spiro atoms. The van der Waals surface area contributed by atoms with Crippen molar-refractivity contribution in [1.29, 1.82) is 0 Å². The van der Waals surface area contributed by atoms with Gasteiger partial charge in [0.1, 0.15) is 6.04 Å². The van der Waals surface area contributed by atoms with Crippen molar-refractivity contribution in [3.63, 3.8) is 0 Å². The molecule has 0 aromatic heterocycles. The molecule has 0 radical (unpaired) electrons. The molecule has 0 aliphatic heterocycles. The molecule has 2 aromatic rings. The number of hydrogen-bond donors (Lipinski definition) is 2. The highest BCUT2D eigenvalue weighted by Gasteiger charge is 2.29. The molecule has 2 rings (SSSR count). The van der Waals surface area contributed by atoms with E-state index in [1.165, 1.54) is 6.07 Å². The molecule has 5 nitrogen and oxygen atoms in total. The zero-order valence-electron chi connectivity index (χ0n) is 12.7. The van der Waals surface area contributed by atoms with Crippen LogP contribution in [0.5, 0.6) is 0 Å². The van der Waals surface area contributed by atoms with Crippen molar-refractivity contribution >= 4 is 26.8 Å². The summed E-state index contributed by atoms with van der Waals surface area (Å²) in [7, 11) is -3.92. The van der Waals surface area contributed by atoms with Crippen LogP contribution in [-0.4, -0.2) is 25.5 Å². The van der Waals surface area contributed by atoms with Crippen LogP contribution in [0.15, 0.2) is 41.3 Å². The highest BCUT2D eigenvalue weighted by Crippen LogP contribution is 2.26. The van der Waals surface area contributed by atoms with Crippen LogP contribution in [-0.2, 0) is 14.8 Å². The van der Waals surface area contributed by atoms with E-state index in [0.717, 1.165) is 10.9 Å². The Balaban J connectivity index is 2.55. The van der Waals surface area contributed by atoms with E-state index in [9.17, 15) is 18.3 Å². The Kier molecular flexibility index (Phi) is 4.53. The maximum absolute atomic E-state index is 12.6. The average molecular weight is 321 g/mol. The van der Waals surface area contributed by atoms with Crippen molar-refractivity contribution in [2.45, 2.75) is 31.7 Å². The lowest BCUT2D eigenvalue weighted by molar-refractivity contribution is -0.140. The summed E-state index contributed by atoms with van der Waals surface area (Å²) in [6.07, 6.45) is 0. The summed E-state index contributed by atoms with van der Waals surface area (Å²) >= 11 is 0. The highest BCUT2D eigenvalue weighted by atomic mass is 32.2. The molecule has 0 heterocycles. The first-order valence-electron chi connectivity index (χ1n) is 6.97. The Bertz CT molecular complexity index is 812. The van der Waals surface area contributed by atoms with Crippen molar-refractivity contribution in [3.8, 4) is 0 Å². The number of fused-ring (bicyclic) bond motifs is 1. The van der Waals surface area contributed by atoms with Gasteiger partial charge in [0.05, 0.1) is 4.90 Å². The lowest BCUT2D eigenvalue weighted by Crippen LogP contribution is -2.44. The van der Waals surface area contributed by atoms with Crippen LogP contribution in [0.3, 0.4) is 0 Å². The monoisotopic (exact) mass is 321 g/mol. The number of aryl methyl sites for hydroxylation is 1. The molecule has 6 heteroatoms. The molecule has 0 amide bonds. The molecule has 0 fully saturated rings. The van der Waals surface area contributed by atoms with E-state index in [1.54, 1.807) is 32.0 Å². The predicted molar refractivity (Wildman–Crippen MR) is 85.3 cm³/mol. The lowest BCUT2D eigenvalue weighted by Gasteiger charge is -2.19. The third kappa shape index (κ3) is 3.13. The Labute approximate surface area is 130 Å². The van der Waals surface area contributed by atoms with Gasteiger partial charge in [0, 0.05) is 5.39 Å². The number of sulfonamides is 1. The van der Waals surface area contributed by atoms with E-state index in [0.29, 0.717) is 5.39 Å². The largest absolute Gasteiger partial charge is 0.480 e. The van der Waals surface area contributed by atoms with Crippen LogP contribution < -0.4 is 4.72 Å². The minimum absolute atomic E-state index is 0.0978. The van der Waals surface area contributed by atoms with Gasteiger partial charge in [-0.3, -0.25) is 4.79 Å². The minimum atomic E-state index is -3.92. The van der Waals surface area contributed by atoms with Gasteiger partial charge in [-0.15, -0.1) is 0 Å². The Morgan fingerprint density at radius 2 is 1.68 bits per heavy atom. The van der Waals surface area contributed by atoms with Gasteiger partial charge in [-0.05, 0) is 29.9 Å². The summed E-state index contributed by atoms with van der Waals surface area (Å²) < 4.78 is 27.5. The molecule has 1 unspecified atom stereocenters. The Hall–Kier alpha value is -1.92. The standard InChI is InChI=1S/C16H19NO4S/c1-10(2)15(16(18)19)17-22(20,21)14-9-8-11(3)12-6-4-5-7-13(12)14/h4-10,15,17H,1-3H3,(H,18,19). The van der Waals surface area contributed by atoms with Gasteiger partial charge < -0.3 is 5.11 Å². The molecule has 2 N–H and O–H groups in total. The highest BCUT2D eigenvalue weighted by molar-refractivity contribution is 7.89. The molecule has 0 saturated carbocycles. The zero-order chi connectivity index (χ0) is 16.5. The van der Waals surface area contributed by atoms with Crippen molar-refractivity contribution < 1.29 is 18.3 Å². The topological polar surface area (TPSA) is 83.5 Å². The van der Waals surface area contributed by atoms with E-state index < -0.39 is 22.0 Å². The van der Waals surface area contributed by atoms with Crippen LogP contribution in [0.2, 0.25) is 0 Å². The fourth-order valence-electron chi connectivity index (χ4n) is 2.36. The third-order valence-electron chi connectivity index (χ3n) is 3.61. The van der Waals surface area contributed by atoms with Crippen LogP contribution in [0.4, 0.5) is 0 Å². The van der Waals surface area contributed by atoms with Gasteiger partial charge in [-0.25, -0.2) is 8.42 Å². The van der Waals surface area contributed by atoms with E-state index in [-0.39, 0.29) is 10.8 Å². The van der Waals surface area contributed by atoms with Crippen LogP contribution in [0.25, 0.3) is 10.8 Å². The number of carboxylic acid groups (broad SMARTS) is 1. The Morgan fingerprint density at radius 3 is 2.23 bits per heavy atom. The van der Waals surface area contributed by atoms with Crippen LogP contribution >= 0.6 is 0 Å². The number of aliphatic carboxylic acids is 1. The molecule has 22 heavy (non-hydrogen) atoms. The number of nitrogens with one attached hydrogen (secondary N) is 1. The van der Waals surface area contributed by atoms with Crippen molar-refractivity contribution in [1.82, 2.24) is 4.72 Å². The molecule has 2 aromatic carbocycles. The van der Waals surface area contributed by atoms with Gasteiger partial charge in [0.15, 0.2) is 0 Å². The summed E-state index contributed by atoms with van der Waals surface area (Å²) in [4.78, 5) is 11.3. The fraction of sp³-hybridized carbons (Fsp3) is 0.312. The molecule has 118 valence electrons. The third-order valence-corrected chi connectivity index (χ3v) is 5.11. The smallest absolute Gasteiger partial charge is 0.322 e. The van der Waals surface area contributed by atoms with Gasteiger partial charge >= 0.3 is 5.97 Å². The maximum atomic E-state index is 12.6. The Morgan fingerprint density at radius 1 is 1.09 bits per heavy atom. The van der Waals surface area contributed by atoms with Crippen LogP contribution in [0, 0.1) is 12.8 Å². The number of carbonyl (C=O) groups is 1. The SMILES string of the molecule is Cc1ccc(S(=O)(=O)NC(C(=O)O)C(C)C)c2ccccc12. The second kappa shape index (κ2) is 6.06. The first kappa shape index (κ1) is 16.5. The summed E-state index contributed by atoms with van der Waals surface area (Å²) in [5.41, 5.74) is 0.966. The molecule has 0 aliphatic carbocycles. The molecule has 0 aliphatic rings. The van der Waals surface area contributed by atoms with Gasteiger partial charge in [-0.1, -0.05) is 44.2 Å². The van der Waals surface area contributed by atoms with Crippen molar-refractivity contribution in [2.24, 2.45) is 5.92 Å². The second-order valence-corrected chi connectivity index (χ2v) is 7.29. The van der Waals surface area contributed by atoms with E-state index in [1.807, 2.05) is 19.1 Å². The molecule has 0 saturated heterocycles. The van der Waals surface area contributed by atoms with E-state index in [2.05, 4.69) is 4.72 Å². The lowest BCUT2D eigenvalue weighted by atomic mass is 10.1. The maximum Gasteiger partial charge on any atom is 0.322 e. The zero-order valence-corrected chi connectivity index (χ0v) is 13.5. The van der Waals surface area contributed by atoms with Gasteiger partial charge in [0.25, 0.3) is 0 Å². The molecular weight excluding hydrogens is 302 g/mol. The van der Waals surface area contributed by atoms with Crippen molar-refractivity contribution in [3.05, 3.63) is 42.0 Å². The normalized spacial score (nSPS) is 13.5. The van der Waals surface area contributed by atoms with E-state index in [4.69, 9.17) is 0 Å². The number of benzene rings is 2. The quantitative estimate of drug-likeness (QED) is 0.886. The number of carboxylic acids is 1. The minimum Gasteiger partial charge on any atom is -0.480 e. The summed E-state index contributed by atoms with van der Waals surface area (Å²) in [6, 6.07) is 9.25. The first-order valence-corrected chi connectivity index (χ1v) is 8.46. The first-order chi connectivity index (χ1) is 10.2. The van der Waals surface area contributed by atoms with Crippen molar-refractivity contribution in [2.75, 3.05) is 0 Å². The molecule has 0 bridgehead atoms. The second-order valence-electron chi connectivity index (χ2n) is 5.61. The number of hydrogen-bond acceptors (Lipinski definition) is 3. The molecule has 1 atom stereocenters. The summed E-state index contributed by atoms with van der Waals surface area (Å²) in [5.74, 6) is -1.54. The van der Waals surface area contributed by atoms with Crippen LogP contribution in [0.1, 0.15) is 19.4 Å². The van der Waals surface area contributed by atoms with Gasteiger partial charge in [-0.2, -0.15) is 4.72 Å². The fourth-order valence-corrected chi connectivity index (χ4v) is 3.91. The summed E-state index contributed by atoms with van der Waals surface area (Å²) in [6.45, 7) is 5.23. The summed E-state index contributed by atoms with van der Waals surface area (Å²) in [5, 5.41) is 10.6. The number of rotatable bonds is 5. The van der Waals surface area contributed by atoms with E-state index >= 15 is 0 Å². The van der Waals surface area contributed by atoms with Gasteiger partial charge in [0.2, 0.25) is 10.0 Å². The predicted octanol–water partition coefficient (Wildman–Crippen LogP) is 2.54. The average Bonchev–Trinajstić information content (AvgIpc) is 2.44.